The van der Waals surface area contributed by atoms with Gasteiger partial charge in [-0.2, -0.15) is 0 Å². The molecule has 0 atom stereocenters. The molecule has 0 bridgehead atoms. The van der Waals surface area contributed by atoms with E-state index in [9.17, 15) is 10.1 Å². The third-order valence-corrected chi connectivity index (χ3v) is 5.33. The second-order valence-corrected chi connectivity index (χ2v) is 7.47. The molecule has 0 saturated carbocycles. The summed E-state index contributed by atoms with van der Waals surface area (Å²) in [5.41, 5.74) is 3.82. The SMILES string of the molecule is CCCN(C)Cc1ccc(-c2csc(-c3ccc(OC)c([N+](=O)[O-])c3)n2)cc1. The van der Waals surface area contributed by atoms with Gasteiger partial charge in [-0.15, -0.1) is 11.3 Å². The van der Waals surface area contributed by atoms with Crippen LogP contribution in [0.4, 0.5) is 5.69 Å². The second-order valence-electron chi connectivity index (χ2n) is 6.62. The van der Waals surface area contributed by atoms with Crippen LogP contribution in [-0.4, -0.2) is 35.5 Å². The largest absolute Gasteiger partial charge is 0.490 e. The number of hydrogen-bond acceptors (Lipinski definition) is 6. The van der Waals surface area contributed by atoms with Crippen molar-refractivity contribution in [3.05, 3.63) is 63.5 Å². The molecule has 2 aromatic carbocycles. The Bertz CT molecular complexity index is 954. The van der Waals surface area contributed by atoms with E-state index in [4.69, 9.17) is 4.74 Å². The van der Waals surface area contributed by atoms with Gasteiger partial charge >= 0.3 is 5.69 Å². The topological polar surface area (TPSA) is 68.5 Å². The predicted molar refractivity (Wildman–Crippen MR) is 113 cm³/mol. The fourth-order valence-corrected chi connectivity index (χ4v) is 3.88. The zero-order chi connectivity index (χ0) is 20.1. The van der Waals surface area contributed by atoms with Gasteiger partial charge in [0.2, 0.25) is 0 Å². The first-order chi connectivity index (χ1) is 13.5. The van der Waals surface area contributed by atoms with Crippen molar-refractivity contribution in [3.8, 4) is 27.6 Å². The Morgan fingerprint density at radius 2 is 1.89 bits per heavy atom. The molecule has 3 rings (SSSR count). The molecule has 3 aromatic rings. The van der Waals surface area contributed by atoms with Crippen LogP contribution in [0.5, 0.6) is 5.75 Å². The molecule has 0 unspecified atom stereocenters. The highest BCUT2D eigenvalue weighted by atomic mass is 32.1. The maximum atomic E-state index is 11.2. The van der Waals surface area contributed by atoms with E-state index in [0.29, 0.717) is 5.56 Å². The fourth-order valence-electron chi connectivity index (χ4n) is 3.06. The molecule has 6 nitrogen and oxygen atoms in total. The fraction of sp³-hybridized carbons (Fsp3) is 0.286. The molecule has 0 radical (unpaired) electrons. The first-order valence-electron chi connectivity index (χ1n) is 9.08. The molecule has 0 saturated heterocycles. The number of hydrogen-bond donors (Lipinski definition) is 0. The van der Waals surface area contributed by atoms with E-state index in [-0.39, 0.29) is 11.4 Å². The predicted octanol–water partition coefficient (Wildman–Crippen LogP) is 5.24. The lowest BCUT2D eigenvalue weighted by atomic mass is 10.1. The highest BCUT2D eigenvalue weighted by Crippen LogP contribution is 2.35. The molecule has 0 amide bonds. The minimum Gasteiger partial charge on any atom is -0.490 e. The molecule has 0 spiro atoms. The van der Waals surface area contributed by atoms with Gasteiger partial charge in [0.05, 0.1) is 17.7 Å². The third kappa shape index (κ3) is 4.55. The molecular formula is C21H23N3O3S. The van der Waals surface area contributed by atoms with E-state index in [1.807, 2.05) is 5.38 Å². The number of thiazole rings is 1. The maximum Gasteiger partial charge on any atom is 0.311 e. The molecule has 1 aromatic heterocycles. The summed E-state index contributed by atoms with van der Waals surface area (Å²) in [6.45, 7) is 4.17. The van der Waals surface area contributed by atoms with Crippen LogP contribution in [0.1, 0.15) is 18.9 Å². The Morgan fingerprint density at radius 3 is 2.54 bits per heavy atom. The van der Waals surface area contributed by atoms with Gasteiger partial charge in [0.25, 0.3) is 0 Å². The molecule has 0 fully saturated rings. The number of methoxy groups -OCH3 is 1. The summed E-state index contributed by atoms with van der Waals surface area (Å²) in [6, 6.07) is 13.3. The van der Waals surface area contributed by atoms with Gasteiger partial charge < -0.3 is 9.64 Å². The Morgan fingerprint density at radius 1 is 1.18 bits per heavy atom. The third-order valence-electron chi connectivity index (χ3n) is 4.43. The standard InChI is InChI=1S/C21H23N3O3S/c1-4-11-23(2)13-15-5-7-16(8-6-15)18-14-28-21(22-18)17-9-10-20(27-3)19(12-17)24(25)26/h5-10,12,14H,4,11,13H2,1-3H3. The van der Waals surface area contributed by atoms with Gasteiger partial charge in [-0.25, -0.2) is 4.98 Å². The number of nitro benzene ring substituents is 1. The van der Waals surface area contributed by atoms with E-state index in [1.165, 1.54) is 30.1 Å². The van der Waals surface area contributed by atoms with Gasteiger partial charge in [0, 0.05) is 29.1 Å². The highest BCUT2D eigenvalue weighted by Gasteiger charge is 2.17. The van der Waals surface area contributed by atoms with Crippen LogP contribution in [0.3, 0.4) is 0 Å². The van der Waals surface area contributed by atoms with Crippen molar-refractivity contribution in [2.45, 2.75) is 19.9 Å². The summed E-state index contributed by atoms with van der Waals surface area (Å²) in [5, 5.41) is 14.0. The van der Waals surface area contributed by atoms with Crippen molar-refractivity contribution in [3.63, 3.8) is 0 Å². The number of rotatable bonds is 8. The summed E-state index contributed by atoms with van der Waals surface area (Å²) in [5.74, 6) is 0.245. The van der Waals surface area contributed by atoms with Crippen LogP contribution in [0.2, 0.25) is 0 Å². The molecular weight excluding hydrogens is 374 g/mol. The molecule has 28 heavy (non-hydrogen) atoms. The number of benzene rings is 2. The van der Waals surface area contributed by atoms with Crippen LogP contribution in [0, 0.1) is 10.1 Å². The lowest BCUT2D eigenvalue weighted by Crippen LogP contribution is -2.18. The minimum absolute atomic E-state index is 0.0581. The Labute approximate surface area is 168 Å². The van der Waals surface area contributed by atoms with Crippen molar-refractivity contribution in [2.75, 3.05) is 20.7 Å². The molecule has 0 aliphatic heterocycles. The Kier molecular flexibility index (Phi) is 6.38. The zero-order valence-corrected chi connectivity index (χ0v) is 17.0. The average Bonchev–Trinajstić information content (AvgIpc) is 3.18. The van der Waals surface area contributed by atoms with Crippen LogP contribution in [0.25, 0.3) is 21.8 Å². The van der Waals surface area contributed by atoms with Crippen molar-refractivity contribution >= 4 is 17.0 Å². The summed E-state index contributed by atoms with van der Waals surface area (Å²) in [6.07, 6.45) is 1.14. The maximum absolute atomic E-state index is 11.2. The molecule has 146 valence electrons. The molecule has 0 aliphatic rings. The van der Waals surface area contributed by atoms with Crippen LogP contribution < -0.4 is 4.74 Å². The number of nitro groups is 1. The van der Waals surface area contributed by atoms with E-state index in [2.05, 4.69) is 48.1 Å². The van der Waals surface area contributed by atoms with Crippen LogP contribution in [-0.2, 0) is 6.54 Å². The monoisotopic (exact) mass is 397 g/mol. The Hall–Kier alpha value is -2.77. The summed E-state index contributed by atoms with van der Waals surface area (Å²) in [7, 11) is 3.55. The van der Waals surface area contributed by atoms with Crippen molar-refractivity contribution < 1.29 is 9.66 Å². The Balaban J connectivity index is 1.81. The van der Waals surface area contributed by atoms with E-state index in [0.717, 1.165) is 35.8 Å². The van der Waals surface area contributed by atoms with Crippen LogP contribution in [0.15, 0.2) is 47.8 Å². The van der Waals surface area contributed by atoms with E-state index < -0.39 is 4.92 Å². The van der Waals surface area contributed by atoms with Gasteiger partial charge in [-0.3, -0.25) is 10.1 Å². The van der Waals surface area contributed by atoms with Crippen molar-refractivity contribution in [1.82, 2.24) is 9.88 Å². The van der Waals surface area contributed by atoms with Crippen LogP contribution >= 0.6 is 11.3 Å². The molecule has 0 N–H and O–H groups in total. The highest BCUT2D eigenvalue weighted by molar-refractivity contribution is 7.13. The quantitative estimate of drug-likeness (QED) is 0.384. The van der Waals surface area contributed by atoms with E-state index in [1.54, 1.807) is 12.1 Å². The summed E-state index contributed by atoms with van der Waals surface area (Å²) < 4.78 is 5.06. The smallest absolute Gasteiger partial charge is 0.311 e. The lowest BCUT2D eigenvalue weighted by Gasteiger charge is -2.15. The molecule has 7 heteroatoms. The summed E-state index contributed by atoms with van der Waals surface area (Å²) >= 11 is 1.47. The average molecular weight is 398 g/mol. The molecule has 0 aliphatic carbocycles. The first kappa shape index (κ1) is 20.0. The normalized spacial score (nSPS) is 11.0. The van der Waals surface area contributed by atoms with Gasteiger partial charge in [0.15, 0.2) is 5.75 Å². The number of nitrogens with zero attached hydrogens (tertiary/aromatic N) is 3. The minimum atomic E-state index is -0.439. The number of ether oxygens (including phenoxy) is 1. The lowest BCUT2D eigenvalue weighted by molar-refractivity contribution is -0.385. The zero-order valence-electron chi connectivity index (χ0n) is 16.2. The van der Waals surface area contributed by atoms with Gasteiger partial charge in [-0.1, -0.05) is 31.2 Å². The molecule has 1 heterocycles. The van der Waals surface area contributed by atoms with Crippen molar-refractivity contribution in [1.29, 1.82) is 0 Å². The van der Waals surface area contributed by atoms with E-state index >= 15 is 0 Å². The van der Waals surface area contributed by atoms with Gasteiger partial charge in [-0.05, 0) is 37.7 Å². The second kappa shape index (κ2) is 8.95. The van der Waals surface area contributed by atoms with Crippen molar-refractivity contribution in [2.24, 2.45) is 0 Å². The van der Waals surface area contributed by atoms with Gasteiger partial charge in [0.1, 0.15) is 5.01 Å². The summed E-state index contributed by atoms with van der Waals surface area (Å²) in [4.78, 5) is 17.8. The number of aromatic nitrogens is 1. The first-order valence-corrected chi connectivity index (χ1v) is 9.96.